The lowest BCUT2D eigenvalue weighted by Gasteiger charge is -2.30. The third kappa shape index (κ3) is 5.00. The van der Waals surface area contributed by atoms with Crippen LogP contribution in [0.3, 0.4) is 0 Å². The van der Waals surface area contributed by atoms with Crippen LogP contribution in [-0.4, -0.2) is 43.6 Å². The molecule has 3 rings (SSSR count). The van der Waals surface area contributed by atoms with Crippen molar-refractivity contribution in [3.63, 3.8) is 0 Å². The van der Waals surface area contributed by atoms with Crippen molar-refractivity contribution in [2.24, 2.45) is 5.73 Å². The zero-order valence-electron chi connectivity index (χ0n) is 16.5. The lowest BCUT2D eigenvalue weighted by molar-refractivity contribution is -0.140. The highest BCUT2D eigenvalue weighted by Gasteiger charge is 2.31. The lowest BCUT2D eigenvalue weighted by atomic mass is 9.95. The second-order valence-corrected chi connectivity index (χ2v) is 8.14. The maximum Gasteiger partial charge on any atom is 0.249 e. The maximum atomic E-state index is 11.7. The van der Waals surface area contributed by atoms with Crippen molar-refractivity contribution in [2.75, 3.05) is 37.0 Å². The van der Waals surface area contributed by atoms with Crippen LogP contribution >= 0.6 is 11.8 Å². The van der Waals surface area contributed by atoms with Gasteiger partial charge in [-0.3, -0.25) is 4.79 Å². The summed E-state index contributed by atoms with van der Waals surface area (Å²) < 4.78 is 11.5. The summed E-state index contributed by atoms with van der Waals surface area (Å²) in [6, 6.07) is 16.3. The average molecular weight is 401 g/mol. The molecule has 1 amide bonds. The van der Waals surface area contributed by atoms with Gasteiger partial charge >= 0.3 is 0 Å². The number of fused-ring (bicyclic) bond motifs is 1. The van der Waals surface area contributed by atoms with Crippen molar-refractivity contribution < 1.29 is 14.3 Å². The van der Waals surface area contributed by atoms with Crippen molar-refractivity contribution in [3.8, 4) is 5.75 Å². The van der Waals surface area contributed by atoms with Crippen molar-refractivity contribution >= 4 is 23.4 Å². The number of anilines is 1. The smallest absolute Gasteiger partial charge is 0.249 e. The van der Waals surface area contributed by atoms with Gasteiger partial charge in [0.05, 0.1) is 12.2 Å². The van der Waals surface area contributed by atoms with Crippen molar-refractivity contribution in [3.05, 3.63) is 54.1 Å². The third-order valence-electron chi connectivity index (χ3n) is 4.90. The standard InChI is InChI=1S/C22H28N2O3S/c1-3-27-22(2,21(23)25)16-17-8-10-18(11-9-17)26-14-12-24-13-15-28-20-7-5-4-6-19(20)24/h4-11H,3,12-16H2,1-2H3,(H2,23,25). The summed E-state index contributed by atoms with van der Waals surface area (Å²) >= 11 is 1.91. The van der Waals surface area contributed by atoms with Gasteiger partial charge in [0.1, 0.15) is 18.0 Å². The van der Waals surface area contributed by atoms with Crippen LogP contribution in [0.15, 0.2) is 53.4 Å². The first kappa shape index (κ1) is 20.6. The molecule has 28 heavy (non-hydrogen) atoms. The molecule has 0 fully saturated rings. The minimum atomic E-state index is -0.989. The summed E-state index contributed by atoms with van der Waals surface area (Å²) in [4.78, 5) is 15.4. The second-order valence-electron chi connectivity index (χ2n) is 7.00. The fraction of sp³-hybridized carbons (Fsp3) is 0.409. The number of amides is 1. The van der Waals surface area contributed by atoms with Gasteiger partial charge in [-0.15, -0.1) is 11.8 Å². The molecule has 150 valence electrons. The lowest BCUT2D eigenvalue weighted by Crippen LogP contribution is -2.45. The predicted molar refractivity (Wildman–Crippen MR) is 114 cm³/mol. The molecule has 0 bridgehead atoms. The predicted octanol–water partition coefficient (Wildman–Crippen LogP) is 3.50. The van der Waals surface area contributed by atoms with Gasteiger partial charge in [-0.2, -0.15) is 0 Å². The average Bonchev–Trinajstić information content (AvgIpc) is 2.69. The number of nitrogens with zero attached hydrogens (tertiary/aromatic N) is 1. The monoisotopic (exact) mass is 400 g/mol. The summed E-state index contributed by atoms with van der Waals surface area (Å²) in [6.07, 6.45) is 0.443. The number of rotatable bonds is 9. The first-order valence-corrected chi connectivity index (χ1v) is 10.6. The zero-order chi connectivity index (χ0) is 20.0. The zero-order valence-corrected chi connectivity index (χ0v) is 17.3. The quantitative estimate of drug-likeness (QED) is 0.698. The van der Waals surface area contributed by atoms with Gasteiger partial charge in [-0.25, -0.2) is 0 Å². The highest BCUT2D eigenvalue weighted by molar-refractivity contribution is 7.99. The van der Waals surface area contributed by atoms with E-state index >= 15 is 0 Å². The molecule has 2 N–H and O–H groups in total. The Hall–Kier alpha value is -2.18. The van der Waals surface area contributed by atoms with E-state index in [-0.39, 0.29) is 0 Å². The number of primary amides is 1. The van der Waals surface area contributed by atoms with E-state index in [1.54, 1.807) is 6.92 Å². The fourth-order valence-corrected chi connectivity index (χ4v) is 4.40. The summed E-state index contributed by atoms with van der Waals surface area (Å²) in [7, 11) is 0. The molecule has 0 aliphatic carbocycles. The van der Waals surface area contributed by atoms with Crippen molar-refractivity contribution in [1.29, 1.82) is 0 Å². The Balaban J connectivity index is 1.53. The Labute approximate surface area is 171 Å². The minimum absolute atomic E-state index is 0.443. The van der Waals surface area contributed by atoms with Gasteiger partial charge in [-0.1, -0.05) is 24.3 Å². The Morgan fingerprint density at radius 3 is 2.68 bits per heavy atom. The number of hydrogen-bond donors (Lipinski definition) is 1. The number of nitrogens with two attached hydrogens (primary N) is 1. The molecule has 0 spiro atoms. The van der Waals surface area contributed by atoms with Crippen LogP contribution in [0.25, 0.3) is 0 Å². The van der Waals surface area contributed by atoms with Crippen LogP contribution in [-0.2, 0) is 16.0 Å². The Morgan fingerprint density at radius 1 is 1.21 bits per heavy atom. The number of thioether (sulfide) groups is 1. The molecule has 0 saturated heterocycles. The number of benzene rings is 2. The molecule has 0 aromatic heterocycles. The fourth-order valence-electron chi connectivity index (χ4n) is 3.35. The van der Waals surface area contributed by atoms with E-state index < -0.39 is 11.5 Å². The summed E-state index contributed by atoms with van der Waals surface area (Å²) in [5.74, 6) is 1.47. The molecular formula is C22H28N2O3S. The maximum absolute atomic E-state index is 11.7. The van der Waals surface area contributed by atoms with Crippen molar-refractivity contribution in [2.45, 2.75) is 30.8 Å². The molecule has 5 nitrogen and oxygen atoms in total. The molecular weight excluding hydrogens is 372 g/mol. The van der Waals surface area contributed by atoms with Crippen LogP contribution in [0.1, 0.15) is 19.4 Å². The Morgan fingerprint density at radius 2 is 1.96 bits per heavy atom. The van der Waals surface area contributed by atoms with Gasteiger partial charge < -0.3 is 20.1 Å². The van der Waals surface area contributed by atoms with Crippen LogP contribution in [0.4, 0.5) is 5.69 Å². The summed E-state index contributed by atoms with van der Waals surface area (Å²) in [6.45, 7) is 6.54. The molecule has 6 heteroatoms. The van der Waals surface area contributed by atoms with E-state index in [1.165, 1.54) is 10.6 Å². The third-order valence-corrected chi connectivity index (χ3v) is 5.95. The summed E-state index contributed by atoms with van der Waals surface area (Å²) in [5, 5.41) is 0. The Bertz CT molecular complexity index is 797. The molecule has 2 aromatic carbocycles. The summed E-state index contributed by atoms with van der Waals surface area (Å²) in [5.41, 5.74) is 6.80. The van der Waals surface area contributed by atoms with E-state index in [1.807, 2.05) is 43.0 Å². The minimum Gasteiger partial charge on any atom is -0.492 e. The van der Waals surface area contributed by atoms with Gasteiger partial charge in [0, 0.05) is 30.2 Å². The van der Waals surface area contributed by atoms with Gasteiger partial charge in [-0.05, 0) is 43.7 Å². The molecule has 1 aliphatic rings. The van der Waals surface area contributed by atoms with E-state index in [9.17, 15) is 4.79 Å². The van der Waals surface area contributed by atoms with Crippen LogP contribution in [0.2, 0.25) is 0 Å². The van der Waals surface area contributed by atoms with Gasteiger partial charge in [0.25, 0.3) is 0 Å². The Kier molecular flexibility index (Phi) is 6.86. The molecule has 1 atom stereocenters. The SMILES string of the molecule is CCOC(C)(Cc1ccc(OCCN2CCSc3ccccc32)cc1)C(N)=O. The molecule has 1 aliphatic heterocycles. The highest BCUT2D eigenvalue weighted by atomic mass is 32.2. The molecule has 0 radical (unpaired) electrons. The van der Waals surface area contributed by atoms with Crippen LogP contribution in [0.5, 0.6) is 5.75 Å². The molecule has 0 saturated carbocycles. The van der Waals surface area contributed by atoms with Gasteiger partial charge in [0.2, 0.25) is 5.91 Å². The first-order valence-electron chi connectivity index (χ1n) is 9.64. The number of hydrogen-bond acceptors (Lipinski definition) is 5. The number of carbonyl (C=O) groups is 1. The van der Waals surface area contributed by atoms with Gasteiger partial charge in [0.15, 0.2) is 0 Å². The van der Waals surface area contributed by atoms with E-state index in [0.29, 0.717) is 19.6 Å². The second kappa shape index (κ2) is 9.34. The number of carbonyl (C=O) groups excluding carboxylic acids is 1. The first-order chi connectivity index (χ1) is 13.5. The normalized spacial score (nSPS) is 15.6. The van der Waals surface area contributed by atoms with Crippen LogP contribution in [0, 0.1) is 0 Å². The van der Waals surface area contributed by atoms with Crippen LogP contribution < -0.4 is 15.4 Å². The number of ether oxygens (including phenoxy) is 2. The van der Waals surface area contributed by atoms with Crippen molar-refractivity contribution in [1.82, 2.24) is 0 Å². The van der Waals surface area contributed by atoms with E-state index in [4.69, 9.17) is 15.2 Å². The highest BCUT2D eigenvalue weighted by Crippen LogP contribution is 2.34. The molecule has 2 aromatic rings. The molecule has 1 unspecified atom stereocenters. The van der Waals surface area contributed by atoms with E-state index in [2.05, 4.69) is 29.2 Å². The topological polar surface area (TPSA) is 64.8 Å². The number of para-hydroxylation sites is 1. The largest absolute Gasteiger partial charge is 0.492 e. The van der Waals surface area contributed by atoms with E-state index in [0.717, 1.165) is 30.2 Å². The molecule has 1 heterocycles.